The molecular weight excluding hydrogens is 238 g/mol. The van der Waals surface area contributed by atoms with Crippen molar-refractivity contribution in [3.8, 4) is 17.2 Å². The first kappa shape index (κ1) is 11.9. The van der Waals surface area contributed by atoms with E-state index < -0.39 is 12.6 Å². The van der Waals surface area contributed by atoms with Crippen molar-refractivity contribution in [3.63, 3.8) is 0 Å². The van der Waals surface area contributed by atoms with Crippen molar-refractivity contribution < 1.29 is 19.1 Å². The molecule has 1 aromatic carbocycles. The summed E-state index contributed by atoms with van der Waals surface area (Å²) in [6, 6.07) is 4.82. The number of aryl methyl sites for hydroxylation is 1. The largest absolute Gasteiger partial charge is 0.480 e. The number of nitrogen functional groups attached to an aromatic ring is 1. The van der Waals surface area contributed by atoms with Crippen molar-refractivity contribution in [2.75, 3.05) is 12.3 Å². The Labute approximate surface area is 102 Å². The lowest BCUT2D eigenvalue weighted by Gasteiger charge is -2.07. The van der Waals surface area contributed by atoms with E-state index in [2.05, 4.69) is 10.2 Å². The van der Waals surface area contributed by atoms with E-state index in [1.807, 2.05) is 0 Å². The Hall–Kier alpha value is -2.57. The fraction of sp³-hybridized carbons (Fsp3) is 0.182. The highest BCUT2D eigenvalue weighted by molar-refractivity contribution is 5.70. The van der Waals surface area contributed by atoms with Gasteiger partial charge in [0, 0.05) is 12.5 Å². The zero-order chi connectivity index (χ0) is 13.1. The molecule has 18 heavy (non-hydrogen) atoms. The Bertz CT molecular complexity index is 579. The van der Waals surface area contributed by atoms with Crippen LogP contribution in [0.5, 0.6) is 5.75 Å². The molecule has 0 amide bonds. The second kappa shape index (κ2) is 4.74. The van der Waals surface area contributed by atoms with Crippen molar-refractivity contribution >= 4 is 11.7 Å². The number of ether oxygens (including phenoxy) is 1. The van der Waals surface area contributed by atoms with Crippen molar-refractivity contribution in [3.05, 3.63) is 24.1 Å². The van der Waals surface area contributed by atoms with Crippen LogP contribution in [-0.2, 0) is 4.79 Å². The Morgan fingerprint density at radius 2 is 2.28 bits per heavy atom. The van der Waals surface area contributed by atoms with E-state index in [9.17, 15) is 4.79 Å². The molecule has 0 fully saturated rings. The molecule has 0 saturated heterocycles. The zero-order valence-corrected chi connectivity index (χ0v) is 9.58. The predicted octanol–water partition coefficient (Wildman–Crippen LogP) is 1.09. The molecule has 94 valence electrons. The quantitative estimate of drug-likeness (QED) is 0.780. The lowest BCUT2D eigenvalue weighted by molar-refractivity contribution is -0.139. The molecule has 0 radical (unpaired) electrons. The number of carbonyl (C=O) groups is 1. The molecular formula is C11H11N3O4. The summed E-state index contributed by atoms with van der Waals surface area (Å²) in [4.78, 5) is 10.4. The monoisotopic (exact) mass is 249 g/mol. The summed E-state index contributed by atoms with van der Waals surface area (Å²) in [5.74, 6) is 0.0437. The topological polar surface area (TPSA) is 111 Å². The van der Waals surface area contributed by atoms with Gasteiger partial charge in [0.1, 0.15) is 5.75 Å². The maximum absolute atomic E-state index is 10.4. The molecule has 0 aliphatic carbocycles. The van der Waals surface area contributed by atoms with Gasteiger partial charge >= 0.3 is 5.97 Å². The number of aliphatic carboxylic acids is 1. The number of hydrogen-bond donors (Lipinski definition) is 2. The van der Waals surface area contributed by atoms with Gasteiger partial charge in [-0.2, -0.15) is 0 Å². The minimum absolute atomic E-state index is 0.303. The molecule has 2 aromatic rings. The number of carboxylic acid groups (broad SMARTS) is 1. The summed E-state index contributed by atoms with van der Waals surface area (Å²) >= 11 is 0. The first-order valence-electron chi connectivity index (χ1n) is 5.11. The SMILES string of the molecule is Cc1nnc(-c2ccc(OCC(=O)O)c(N)c2)o1. The van der Waals surface area contributed by atoms with Crippen molar-refractivity contribution in [2.45, 2.75) is 6.92 Å². The number of anilines is 1. The van der Waals surface area contributed by atoms with Gasteiger partial charge in [0.2, 0.25) is 11.8 Å². The van der Waals surface area contributed by atoms with E-state index in [1.165, 1.54) is 0 Å². The maximum Gasteiger partial charge on any atom is 0.341 e. The number of hydrogen-bond acceptors (Lipinski definition) is 6. The summed E-state index contributed by atoms with van der Waals surface area (Å²) in [6.45, 7) is 1.24. The van der Waals surface area contributed by atoms with E-state index in [0.29, 0.717) is 28.8 Å². The van der Waals surface area contributed by atoms with Gasteiger partial charge in [0.05, 0.1) is 5.69 Å². The van der Waals surface area contributed by atoms with Crippen molar-refractivity contribution in [1.82, 2.24) is 10.2 Å². The molecule has 7 heteroatoms. The number of carboxylic acids is 1. The van der Waals surface area contributed by atoms with Crippen LogP contribution in [0.3, 0.4) is 0 Å². The molecule has 1 heterocycles. The van der Waals surface area contributed by atoms with Crippen molar-refractivity contribution in [1.29, 1.82) is 0 Å². The summed E-state index contributed by atoms with van der Waals surface area (Å²) in [7, 11) is 0. The molecule has 0 saturated carbocycles. The van der Waals surface area contributed by atoms with Gasteiger partial charge in [-0.25, -0.2) is 4.79 Å². The van der Waals surface area contributed by atoms with Gasteiger partial charge in [0.15, 0.2) is 6.61 Å². The lowest BCUT2D eigenvalue weighted by Crippen LogP contribution is -2.10. The Balaban J connectivity index is 2.22. The van der Waals surface area contributed by atoms with E-state index >= 15 is 0 Å². The Morgan fingerprint density at radius 1 is 1.50 bits per heavy atom. The molecule has 0 aliphatic rings. The van der Waals surface area contributed by atoms with Crippen LogP contribution in [0, 0.1) is 6.92 Å². The van der Waals surface area contributed by atoms with E-state index in [-0.39, 0.29) is 0 Å². The number of rotatable bonds is 4. The van der Waals surface area contributed by atoms with Gasteiger partial charge in [-0.1, -0.05) is 0 Å². The summed E-state index contributed by atoms with van der Waals surface area (Å²) < 4.78 is 10.3. The van der Waals surface area contributed by atoms with Crippen LogP contribution < -0.4 is 10.5 Å². The van der Waals surface area contributed by atoms with Crippen LogP contribution in [0.1, 0.15) is 5.89 Å². The fourth-order valence-corrected chi connectivity index (χ4v) is 1.37. The normalized spacial score (nSPS) is 10.3. The number of nitrogens with zero attached hydrogens (tertiary/aromatic N) is 2. The molecule has 0 spiro atoms. The standard InChI is InChI=1S/C11H11N3O4/c1-6-13-14-11(18-6)7-2-3-9(8(12)4-7)17-5-10(15)16/h2-4H,5,12H2,1H3,(H,15,16). The fourth-order valence-electron chi connectivity index (χ4n) is 1.37. The van der Waals surface area contributed by atoms with Crippen LogP contribution >= 0.6 is 0 Å². The molecule has 7 nitrogen and oxygen atoms in total. The third kappa shape index (κ3) is 2.57. The van der Waals surface area contributed by atoms with E-state index in [1.54, 1.807) is 25.1 Å². The maximum atomic E-state index is 10.4. The summed E-state index contributed by atoms with van der Waals surface area (Å²) in [5, 5.41) is 16.1. The number of nitrogens with two attached hydrogens (primary N) is 1. The molecule has 2 rings (SSSR count). The molecule has 0 unspecified atom stereocenters. The number of benzene rings is 1. The Morgan fingerprint density at radius 3 is 2.83 bits per heavy atom. The number of aromatic nitrogens is 2. The predicted molar refractivity (Wildman–Crippen MR) is 62.0 cm³/mol. The Kier molecular flexibility index (Phi) is 3.13. The minimum atomic E-state index is -1.06. The van der Waals surface area contributed by atoms with Gasteiger partial charge in [-0.15, -0.1) is 10.2 Å². The minimum Gasteiger partial charge on any atom is -0.480 e. The third-order valence-electron chi connectivity index (χ3n) is 2.13. The first-order valence-corrected chi connectivity index (χ1v) is 5.11. The molecule has 3 N–H and O–H groups in total. The summed E-state index contributed by atoms with van der Waals surface area (Å²) in [5.41, 5.74) is 6.70. The first-order chi connectivity index (χ1) is 8.56. The van der Waals surface area contributed by atoms with Gasteiger partial charge in [-0.05, 0) is 18.2 Å². The second-order valence-electron chi connectivity index (χ2n) is 3.56. The second-order valence-corrected chi connectivity index (χ2v) is 3.56. The van der Waals surface area contributed by atoms with Crippen LogP contribution in [0.15, 0.2) is 22.6 Å². The van der Waals surface area contributed by atoms with Crippen LogP contribution in [-0.4, -0.2) is 27.9 Å². The highest BCUT2D eigenvalue weighted by Gasteiger charge is 2.09. The highest BCUT2D eigenvalue weighted by atomic mass is 16.5. The lowest BCUT2D eigenvalue weighted by atomic mass is 10.2. The average Bonchev–Trinajstić information content (AvgIpc) is 2.74. The van der Waals surface area contributed by atoms with Crippen LogP contribution in [0.2, 0.25) is 0 Å². The summed E-state index contributed by atoms with van der Waals surface area (Å²) in [6.07, 6.45) is 0. The van der Waals surface area contributed by atoms with Gasteiger partial charge in [-0.3, -0.25) is 0 Å². The smallest absolute Gasteiger partial charge is 0.341 e. The molecule has 0 bridgehead atoms. The zero-order valence-electron chi connectivity index (χ0n) is 9.58. The van der Waals surface area contributed by atoms with E-state index in [0.717, 1.165) is 0 Å². The van der Waals surface area contributed by atoms with E-state index in [4.69, 9.17) is 20.0 Å². The third-order valence-corrected chi connectivity index (χ3v) is 2.13. The van der Waals surface area contributed by atoms with Gasteiger partial charge in [0.25, 0.3) is 0 Å². The molecule has 0 atom stereocenters. The van der Waals surface area contributed by atoms with Crippen molar-refractivity contribution in [2.24, 2.45) is 0 Å². The van der Waals surface area contributed by atoms with Gasteiger partial charge < -0.3 is 20.0 Å². The molecule has 1 aromatic heterocycles. The molecule has 0 aliphatic heterocycles. The highest BCUT2D eigenvalue weighted by Crippen LogP contribution is 2.27. The van der Waals surface area contributed by atoms with Crippen LogP contribution in [0.25, 0.3) is 11.5 Å². The van der Waals surface area contributed by atoms with Crippen LogP contribution in [0.4, 0.5) is 5.69 Å². The average molecular weight is 249 g/mol.